The van der Waals surface area contributed by atoms with Crippen LogP contribution in [0.5, 0.6) is 0 Å². The molecular formula is C58H38N2O. The Labute approximate surface area is 353 Å². The van der Waals surface area contributed by atoms with E-state index in [1.54, 1.807) is 0 Å². The van der Waals surface area contributed by atoms with Crippen molar-refractivity contribution in [2.24, 2.45) is 0 Å². The van der Waals surface area contributed by atoms with Crippen LogP contribution in [0.15, 0.2) is 235 Å². The summed E-state index contributed by atoms with van der Waals surface area (Å²) in [5, 5.41) is 11.7. The summed E-state index contributed by atoms with van der Waals surface area (Å²) in [6.07, 6.45) is 0. The summed E-state index contributed by atoms with van der Waals surface area (Å²) < 4.78 is 6.84. The summed E-state index contributed by atoms with van der Waals surface area (Å²) in [5.74, 6) is 0. The summed E-state index contributed by atoms with van der Waals surface area (Å²) in [5.41, 5.74) is 10.7. The van der Waals surface area contributed by atoms with E-state index in [9.17, 15) is 0 Å². The van der Waals surface area contributed by atoms with Gasteiger partial charge in [-0.25, -0.2) is 0 Å². The number of para-hydroxylation sites is 3. The third-order valence-electron chi connectivity index (χ3n) is 12.2. The molecule has 0 amide bonds. The lowest BCUT2D eigenvalue weighted by molar-refractivity contribution is 0.669. The van der Waals surface area contributed by atoms with Crippen LogP contribution < -0.4 is 9.80 Å². The molecule has 0 saturated carbocycles. The quantitative estimate of drug-likeness (QED) is 0.150. The molecule has 12 rings (SSSR count). The second-order valence-electron chi connectivity index (χ2n) is 15.6. The first kappa shape index (κ1) is 34.9. The van der Waals surface area contributed by atoms with E-state index in [4.69, 9.17) is 4.42 Å². The standard InChI is InChI=1S/C58H38N2O/c1-4-19-41(20-5-1)59(42-21-6-2-7-22-42)44-35-32-40(33-36-44)55-48-28-14-16-30-50(48)58(51-31-17-15-29-49(51)55)60(43-23-8-3-9-24-43)52-38-54-57(47-27-13-12-26-46(47)52)56-45-25-11-10-18-39(45)34-37-53(56)61-54/h1-38H. The van der Waals surface area contributed by atoms with E-state index in [1.807, 2.05) is 0 Å². The minimum Gasteiger partial charge on any atom is -0.456 e. The van der Waals surface area contributed by atoms with Gasteiger partial charge in [0.25, 0.3) is 0 Å². The number of fused-ring (bicyclic) bond motifs is 9. The molecule has 0 atom stereocenters. The van der Waals surface area contributed by atoms with Crippen LogP contribution in [-0.4, -0.2) is 0 Å². The van der Waals surface area contributed by atoms with Crippen molar-refractivity contribution in [1.82, 2.24) is 0 Å². The lowest BCUT2D eigenvalue weighted by Gasteiger charge is -2.30. The third kappa shape index (κ3) is 5.66. The number of hydrogen-bond acceptors (Lipinski definition) is 3. The van der Waals surface area contributed by atoms with Crippen LogP contribution in [0.2, 0.25) is 0 Å². The highest BCUT2D eigenvalue weighted by atomic mass is 16.3. The first-order valence-electron chi connectivity index (χ1n) is 20.9. The van der Waals surface area contributed by atoms with E-state index in [-0.39, 0.29) is 0 Å². The van der Waals surface area contributed by atoms with Crippen LogP contribution in [0.3, 0.4) is 0 Å². The van der Waals surface area contributed by atoms with Crippen molar-refractivity contribution in [3.8, 4) is 11.1 Å². The Hall–Kier alpha value is -8.14. The van der Waals surface area contributed by atoms with Gasteiger partial charge >= 0.3 is 0 Å². The molecule has 0 radical (unpaired) electrons. The predicted octanol–water partition coefficient (Wildman–Crippen LogP) is 16.8. The molecule has 3 heteroatoms. The Kier molecular flexibility index (Phi) is 8.17. The smallest absolute Gasteiger partial charge is 0.138 e. The normalized spacial score (nSPS) is 11.6. The number of hydrogen-bond donors (Lipinski definition) is 0. The number of rotatable bonds is 7. The van der Waals surface area contributed by atoms with Gasteiger partial charge in [-0.3, -0.25) is 0 Å². The molecule has 0 N–H and O–H groups in total. The molecule has 0 saturated heterocycles. The van der Waals surface area contributed by atoms with Crippen molar-refractivity contribution < 1.29 is 4.42 Å². The van der Waals surface area contributed by atoms with Gasteiger partial charge in [-0.1, -0.05) is 170 Å². The molecule has 0 fully saturated rings. The molecule has 1 heterocycles. The van der Waals surface area contributed by atoms with Crippen LogP contribution in [0.1, 0.15) is 0 Å². The molecule has 0 aliphatic carbocycles. The predicted molar refractivity (Wildman–Crippen MR) is 259 cm³/mol. The Morgan fingerprint density at radius 2 is 0.738 bits per heavy atom. The van der Waals surface area contributed by atoms with Crippen LogP contribution >= 0.6 is 0 Å². The molecule has 1 aromatic heterocycles. The van der Waals surface area contributed by atoms with Crippen molar-refractivity contribution in [2.75, 3.05) is 9.80 Å². The van der Waals surface area contributed by atoms with Gasteiger partial charge < -0.3 is 14.2 Å². The summed E-state index contributed by atoms with van der Waals surface area (Å²) in [7, 11) is 0. The summed E-state index contributed by atoms with van der Waals surface area (Å²) >= 11 is 0. The lowest BCUT2D eigenvalue weighted by atomic mass is 9.89. The fourth-order valence-electron chi connectivity index (χ4n) is 9.57. The third-order valence-corrected chi connectivity index (χ3v) is 12.2. The molecule has 11 aromatic carbocycles. The number of anilines is 6. The fraction of sp³-hybridized carbons (Fsp3) is 0. The van der Waals surface area contributed by atoms with Gasteiger partial charge in [0.15, 0.2) is 0 Å². The minimum atomic E-state index is 0.867. The molecule has 3 nitrogen and oxygen atoms in total. The fourth-order valence-corrected chi connectivity index (χ4v) is 9.57. The minimum absolute atomic E-state index is 0.867. The Bertz CT molecular complexity index is 3480. The average Bonchev–Trinajstić information content (AvgIpc) is 3.72. The van der Waals surface area contributed by atoms with Gasteiger partial charge in [0.1, 0.15) is 11.2 Å². The van der Waals surface area contributed by atoms with Gasteiger partial charge in [0.2, 0.25) is 0 Å². The number of benzene rings is 11. The average molecular weight is 779 g/mol. The van der Waals surface area contributed by atoms with E-state index in [0.29, 0.717) is 0 Å². The van der Waals surface area contributed by atoms with Crippen LogP contribution in [0.25, 0.3) is 76.2 Å². The lowest BCUT2D eigenvalue weighted by Crippen LogP contribution is -2.12. The van der Waals surface area contributed by atoms with Crippen molar-refractivity contribution in [3.63, 3.8) is 0 Å². The molecule has 0 aliphatic rings. The summed E-state index contributed by atoms with van der Waals surface area (Å²) in [6.45, 7) is 0. The zero-order chi connectivity index (χ0) is 40.3. The van der Waals surface area contributed by atoms with Gasteiger partial charge in [0, 0.05) is 55.7 Å². The molecular weight excluding hydrogens is 741 g/mol. The van der Waals surface area contributed by atoms with Crippen LogP contribution in [-0.2, 0) is 0 Å². The molecule has 61 heavy (non-hydrogen) atoms. The van der Waals surface area contributed by atoms with E-state index in [0.717, 1.165) is 72.4 Å². The monoisotopic (exact) mass is 778 g/mol. The molecule has 12 aromatic rings. The van der Waals surface area contributed by atoms with Crippen molar-refractivity contribution >= 4 is 99.2 Å². The topological polar surface area (TPSA) is 19.6 Å². The maximum atomic E-state index is 6.84. The SMILES string of the molecule is c1ccc(N(c2ccccc2)c2ccc(-c3c4ccccc4c(N(c4ccccc4)c4cc5oc6ccc7ccccc7c6c5c5ccccc45)c4ccccc34)cc2)cc1. The Morgan fingerprint density at radius 3 is 1.33 bits per heavy atom. The van der Waals surface area contributed by atoms with E-state index < -0.39 is 0 Å². The summed E-state index contributed by atoms with van der Waals surface area (Å²) in [4.78, 5) is 4.77. The van der Waals surface area contributed by atoms with Crippen molar-refractivity contribution in [3.05, 3.63) is 231 Å². The van der Waals surface area contributed by atoms with Gasteiger partial charge in [0.05, 0.1) is 11.4 Å². The van der Waals surface area contributed by atoms with Crippen LogP contribution in [0, 0.1) is 0 Å². The maximum Gasteiger partial charge on any atom is 0.138 e. The molecule has 0 unspecified atom stereocenters. The van der Waals surface area contributed by atoms with Crippen molar-refractivity contribution in [2.45, 2.75) is 0 Å². The van der Waals surface area contributed by atoms with E-state index in [2.05, 4.69) is 240 Å². The first-order valence-corrected chi connectivity index (χ1v) is 20.9. The molecule has 286 valence electrons. The Morgan fingerprint density at radius 1 is 0.295 bits per heavy atom. The zero-order valence-corrected chi connectivity index (χ0v) is 33.2. The zero-order valence-electron chi connectivity index (χ0n) is 33.2. The largest absolute Gasteiger partial charge is 0.456 e. The highest BCUT2D eigenvalue weighted by molar-refractivity contribution is 6.29. The van der Waals surface area contributed by atoms with E-state index >= 15 is 0 Å². The number of nitrogens with zero attached hydrogens (tertiary/aromatic N) is 2. The highest BCUT2D eigenvalue weighted by Gasteiger charge is 2.26. The van der Waals surface area contributed by atoms with Gasteiger partial charge in [-0.2, -0.15) is 0 Å². The first-order chi connectivity index (χ1) is 30.3. The highest BCUT2D eigenvalue weighted by Crippen LogP contribution is 2.51. The number of furan rings is 1. The summed E-state index contributed by atoms with van der Waals surface area (Å²) in [6, 6.07) is 82.8. The second-order valence-corrected chi connectivity index (χ2v) is 15.6. The van der Waals surface area contributed by atoms with Crippen molar-refractivity contribution in [1.29, 1.82) is 0 Å². The second kappa shape index (κ2) is 14.3. The Balaban J connectivity index is 1.11. The maximum absolute atomic E-state index is 6.84. The molecule has 0 bridgehead atoms. The molecule has 0 aliphatic heterocycles. The van der Waals surface area contributed by atoms with Gasteiger partial charge in [-0.05, 0) is 92.7 Å². The van der Waals surface area contributed by atoms with E-state index in [1.165, 1.54) is 37.9 Å². The van der Waals surface area contributed by atoms with Gasteiger partial charge in [-0.15, -0.1) is 0 Å². The molecule has 0 spiro atoms. The van der Waals surface area contributed by atoms with Crippen LogP contribution in [0.4, 0.5) is 34.1 Å².